The molecule has 0 radical (unpaired) electrons. The minimum atomic E-state index is -2.98. The second kappa shape index (κ2) is 4.03. The quantitative estimate of drug-likeness (QED) is 0.647. The molecule has 2 N–H and O–H groups in total. The minimum absolute atomic E-state index is 0.0237. The Bertz CT molecular complexity index is 383. The predicted molar refractivity (Wildman–Crippen MR) is 50.5 cm³/mol. The number of halogens is 3. The molecule has 0 aliphatic rings. The van der Waals surface area contributed by atoms with Crippen LogP contribution in [0.3, 0.4) is 0 Å². The average Bonchev–Trinajstić information content (AvgIpc) is 2.08. The van der Waals surface area contributed by atoms with Crippen LogP contribution in [0.15, 0.2) is 6.20 Å². The van der Waals surface area contributed by atoms with E-state index in [2.05, 4.69) is 4.98 Å². The number of pyridine rings is 1. The molecule has 0 spiro atoms. The van der Waals surface area contributed by atoms with Crippen LogP contribution in [0.25, 0.3) is 0 Å². The van der Waals surface area contributed by atoms with Crippen LogP contribution in [-0.2, 0) is 0 Å². The van der Waals surface area contributed by atoms with Crippen LogP contribution >= 0.6 is 22.6 Å². The first-order valence-electron chi connectivity index (χ1n) is 3.34. The number of carboxylic acids is 1. The Morgan fingerprint density at radius 3 is 2.57 bits per heavy atom. The van der Waals surface area contributed by atoms with Gasteiger partial charge in [0, 0.05) is 6.20 Å². The average molecular weight is 315 g/mol. The first-order chi connectivity index (χ1) is 6.45. The Balaban J connectivity index is 3.45. The molecule has 0 bridgehead atoms. The number of rotatable bonds is 2. The lowest BCUT2D eigenvalue weighted by Crippen LogP contribution is -2.05. The summed E-state index contributed by atoms with van der Waals surface area (Å²) in [6.07, 6.45) is -2.23. The standard InChI is InChI=1S/C7H4F2INO3/c8-5(9)2-1-11-6(10)4(12)3(2)7(13)14/h1,5,12H,(H,13,14). The molecule has 7 heteroatoms. The molecule has 0 aliphatic heterocycles. The molecule has 0 atom stereocenters. The number of hydrogen-bond acceptors (Lipinski definition) is 3. The molecule has 0 saturated carbocycles. The molecule has 1 aromatic heterocycles. The zero-order valence-corrected chi connectivity index (χ0v) is 8.70. The number of alkyl halides is 2. The van der Waals surface area contributed by atoms with E-state index in [1.54, 1.807) is 22.6 Å². The third-order valence-corrected chi connectivity index (χ3v) is 2.28. The fourth-order valence-corrected chi connectivity index (χ4v) is 1.29. The van der Waals surface area contributed by atoms with Crippen molar-refractivity contribution in [1.29, 1.82) is 0 Å². The predicted octanol–water partition coefficient (Wildman–Crippen LogP) is 2.03. The summed E-state index contributed by atoms with van der Waals surface area (Å²) >= 11 is 1.55. The largest absolute Gasteiger partial charge is 0.504 e. The molecule has 1 heterocycles. The number of aromatic hydroxyl groups is 1. The van der Waals surface area contributed by atoms with Crippen molar-refractivity contribution in [2.24, 2.45) is 0 Å². The van der Waals surface area contributed by atoms with Crippen LogP contribution in [0, 0.1) is 3.70 Å². The van der Waals surface area contributed by atoms with Crippen LogP contribution in [0.1, 0.15) is 22.3 Å². The monoisotopic (exact) mass is 315 g/mol. The number of hydrogen-bond donors (Lipinski definition) is 2. The Morgan fingerprint density at radius 2 is 2.14 bits per heavy atom. The molecule has 14 heavy (non-hydrogen) atoms. The smallest absolute Gasteiger partial charge is 0.340 e. The van der Waals surface area contributed by atoms with Crippen molar-refractivity contribution >= 4 is 28.6 Å². The lowest BCUT2D eigenvalue weighted by Gasteiger charge is -2.07. The van der Waals surface area contributed by atoms with E-state index in [1.807, 2.05) is 0 Å². The van der Waals surface area contributed by atoms with Crippen LogP contribution in [-0.4, -0.2) is 21.2 Å². The van der Waals surface area contributed by atoms with Gasteiger partial charge < -0.3 is 10.2 Å². The van der Waals surface area contributed by atoms with Crippen molar-refractivity contribution in [1.82, 2.24) is 4.98 Å². The fourth-order valence-electron chi connectivity index (χ4n) is 0.882. The van der Waals surface area contributed by atoms with E-state index in [4.69, 9.17) is 5.11 Å². The Hall–Kier alpha value is -0.990. The summed E-state index contributed by atoms with van der Waals surface area (Å²) in [5.74, 6) is -2.32. The minimum Gasteiger partial charge on any atom is -0.504 e. The van der Waals surface area contributed by atoms with Gasteiger partial charge in [-0.25, -0.2) is 18.6 Å². The van der Waals surface area contributed by atoms with Crippen molar-refractivity contribution in [3.05, 3.63) is 21.0 Å². The third-order valence-electron chi connectivity index (χ3n) is 1.49. The van der Waals surface area contributed by atoms with Gasteiger partial charge in [0.15, 0.2) is 5.75 Å². The second-order valence-corrected chi connectivity index (χ2v) is 3.36. The summed E-state index contributed by atoms with van der Waals surface area (Å²) in [6.45, 7) is 0. The number of carboxylic acid groups (broad SMARTS) is 1. The van der Waals surface area contributed by atoms with Gasteiger partial charge in [-0.1, -0.05) is 0 Å². The number of aromatic carboxylic acids is 1. The van der Waals surface area contributed by atoms with Crippen LogP contribution in [0.4, 0.5) is 8.78 Å². The molecule has 0 saturated heterocycles. The highest BCUT2D eigenvalue weighted by molar-refractivity contribution is 14.1. The molecular formula is C7H4F2INO3. The van der Waals surface area contributed by atoms with E-state index < -0.39 is 29.3 Å². The van der Waals surface area contributed by atoms with Crippen molar-refractivity contribution in [3.8, 4) is 5.75 Å². The topological polar surface area (TPSA) is 70.4 Å². The number of aromatic nitrogens is 1. The summed E-state index contributed by atoms with van der Waals surface area (Å²) in [4.78, 5) is 14.0. The Labute approximate surface area is 90.7 Å². The van der Waals surface area contributed by atoms with Crippen molar-refractivity contribution in [2.75, 3.05) is 0 Å². The first-order valence-corrected chi connectivity index (χ1v) is 4.41. The second-order valence-electron chi connectivity index (χ2n) is 2.33. The van der Waals surface area contributed by atoms with E-state index in [-0.39, 0.29) is 3.70 Å². The lowest BCUT2D eigenvalue weighted by molar-refractivity contribution is 0.0680. The normalized spacial score (nSPS) is 10.6. The van der Waals surface area contributed by atoms with E-state index in [9.17, 15) is 18.7 Å². The fraction of sp³-hybridized carbons (Fsp3) is 0.143. The zero-order valence-electron chi connectivity index (χ0n) is 6.54. The molecule has 1 rings (SSSR count). The summed E-state index contributed by atoms with van der Waals surface area (Å²) in [7, 11) is 0. The lowest BCUT2D eigenvalue weighted by atomic mass is 10.1. The van der Waals surface area contributed by atoms with Gasteiger partial charge in [-0.2, -0.15) is 0 Å². The Kier molecular flexibility index (Phi) is 3.19. The van der Waals surface area contributed by atoms with Gasteiger partial charge in [-0.05, 0) is 22.6 Å². The SMILES string of the molecule is O=C(O)c1c(C(F)F)cnc(I)c1O. The molecular weight excluding hydrogens is 311 g/mol. The van der Waals surface area contributed by atoms with Gasteiger partial charge in [0.1, 0.15) is 9.26 Å². The van der Waals surface area contributed by atoms with Gasteiger partial charge in [0.25, 0.3) is 6.43 Å². The van der Waals surface area contributed by atoms with Crippen molar-refractivity contribution in [3.63, 3.8) is 0 Å². The molecule has 1 aromatic rings. The maximum absolute atomic E-state index is 12.3. The van der Waals surface area contributed by atoms with E-state index in [1.165, 1.54) is 0 Å². The highest BCUT2D eigenvalue weighted by atomic mass is 127. The maximum atomic E-state index is 12.3. The van der Waals surface area contributed by atoms with Crippen LogP contribution in [0.5, 0.6) is 5.75 Å². The van der Waals surface area contributed by atoms with Crippen molar-refractivity contribution in [2.45, 2.75) is 6.43 Å². The summed E-state index contributed by atoms with van der Waals surface area (Å²) in [5, 5.41) is 17.8. The highest BCUT2D eigenvalue weighted by Gasteiger charge is 2.24. The van der Waals surface area contributed by atoms with Crippen LogP contribution < -0.4 is 0 Å². The van der Waals surface area contributed by atoms with Gasteiger partial charge in [-0.3, -0.25) is 0 Å². The van der Waals surface area contributed by atoms with Crippen molar-refractivity contribution < 1.29 is 23.8 Å². The van der Waals surface area contributed by atoms with Gasteiger partial charge in [0.2, 0.25) is 0 Å². The molecule has 0 aromatic carbocycles. The number of nitrogens with zero attached hydrogens (tertiary/aromatic N) is 1. The van der Waals surface area contributed by atoms with Crippen LogP contribution in [0.2, 0.25) is 0 Å². The molecule has 4 nitrogen and oxygen atoms in total. The van der Waals surface area contributed by atoms with Gasteiger partial charge in [0.05, 0.1) is 5.56 Å². The van der Waals surface area contributed by atoms with E-state index >= 15 is 0 Å². The highest BCUT2D eigenvalue weighted by Crippen LogP contribution is 2.31. The van der Waals surface area contributed by atoms with E-state index in [0.717, 1.165) is 6.20 Å². The van der Waals surface area contributed by atoms with Gasteiger partial charge in [-0.15, -0.1) is 0 Å². The number of carbonyl (C=O) groups is 1. The first kappa shape index (κ1) is 11.1. The summed E-state index contributed by atoms with van der Waals surface area (Å²) in [6, 6.07) is 0. The molecule has 0 unspecified atom stereocenters. The molecule has 0 fully saturated rings. The Morgan fingerprint density at radius 1 is 1.57 bits per heavy atom. The maximum Gasteiger partial charge on any atom is 0.340 e. The van der Waals surface area contributed by atoms with E-state index in [0.29, 0.717) is 0 Å². The summed E-state index contributed by atoms with van der Waals surface area (Å²) in [5.41, 5.74) is -1.57. The third kappa shape index (κ3) is 1.91. The summed E-state index contributed by atoms with van der Waals surface area (Å²) < 4.78 is 24.5. The molecule has 0 aliphatic carbocycles. The molecule has 76 valence electrons. The van der Waals surface area contributed by atoms with Gasteiger partial charge >= 0.3 is 5.97 Å². The molecule has 0 amide bonds. The zero-order chi connectivity index (χ0) is 10.9.